The number of rotatable bonds is 5. The second-order valence-corrected chi connectivity index (χ2v) is 7.06. The van der Waals surface area contributed by atoms with Crippen LogP contribution >= 0.6 is 0 Å². The van der Waals surface area contributed by atoms with Gasteiger partial charge in [0.2, 0.25) is 5.91 Å². The molecule has 0 spiro atoms. The highest BCUT2D eigenvalue weighted by Crippen LogP contribution is 2.21. The number of carbonyl (C=O) groups excluding carboxylic acids is 1. The number of aryl methyl sites for hydroxylation is 2. The van der Waals surface area contributed by atoms with Gasteiger partial charge in [0.1, 0.15) is 0 Å². The molecule has 27 heavy (non-hydrogen) atoms. The fourth-order valence-electron chi connectivity index (χ4n) is 3.24. The van der Waals surface area contributed by atoms with Crippen LogP contribution in [0, 0.1) is 26.7 Å². The summed E-state index contributed by atoms with van der Waals surface area (Å²) >= 11 is 0. The van der Waals surface area contributed by atoms with Crippen LogP contribution in [0.2, 0.25) is 0 Å². The number of anilines is 1. The van der Waals surface area contributed by atoms with Crippen molar-refractivity contribution in [1.29, 1.82) is 0 Å². The Bertz CT molecular complexity index is 861. The minimum Gasteiger partial charge on any atom is -0.354 e. The molecule has 1 amide bonds. The number of piperidine rings is 1. The summed E-state index contributed by atoms with van der Waals surface area (Å²) in [5.74, 6) is 0.743. The van der Waals surface area contributed by atoms with Crippen LogP contribution in [-0.4, -0.2) is 45.3 Å². The minimum absolute atomic E-state index is 0.0182. The van der Waals surface area contributed by atoms with E-state index in [0.29, 0.717) is 25.2 Å². The van der Waals surface area contributed by atoms with E-state index in [1.165, 1.54) is 10.9 Å². The van der Waals surface area contributed by atoms with E-state index in [-0.39, 0.29) is 17.4 Å². The Morgan fingerprint density at radius 3 is 2.81 bits per heavy atom. The molecule has 2 aromatic heterocycles. The minimum atomic E-state index is -0.0866. The maximum Gasteiger partial charge on any atom is 0.256 e. The Hall–Kier alpha value is -2.77. The van der Waals surface area contributed by atoms with Crippen LogP contribution in [0.5, 0.6) is 0 Å². The molecule has 0 bridgehead atoms. The van der Waals surface area contributed by atoms with E-state index in [1.54, 1.807) is 6.92 Å². The van der Waals surface area contributed by atoms with E-state index in [2.05, 4.69) is 25.4 Å². The summed E-state index contributed by atoms with van der Waals surface area (Å²) < 4.78 is 1.54. The van der Waals surface area contributed by atoms with Crippen molar-refractivity contribution in [3.8, 4) is 0 Å². The Morgan fingerprint density at radius 1 is 1.26 bits per heavy atom. The first-order chi connectivity index (χ1) is 13.0. The topological polar surface area (TPSA) is 93.0 Å². The first-order valence-electron chi connectivity index (χ1n) is 9.31. The Morgan fingerprint density at radius 2 is 2.07 bits per heavy atom. The Kier molecular flexibility index (Phi) is 5.83. The Labute approximate surface area is 158 Å². The van der Waals surface area contributed by atoms with E-state index >= 15 is 0 Å². The molecule has 8 nitrogen and oxygen atoms in total. The third-order valence-corrected chi connectivity index (χ3v) is 5.07. The highest BCUT2D eigenvalue weighted by molar-refractivity contribution is 5.79. The van der Waals surface area contributed by atoms with Crippen molar-refractivity contribution in [2.75, 3.05) is 24.5 Å². The number of carbonyl (C=O) groups is 1. The van der Waals surface area contributed by atoms with Gasteiger partial charge in [-0.15, -0.1) is 5.10 Å². The van der Waals surface area contributed by atoms with Crippen LogP contribution in [0.3, 0.4) is 0 Å². The molecule has 0 radical (unpaired) electrons. The molecule has 0 saturated carbocycles. The molecule has 1 fully saturated rings. The van der Waals surface area contributed by atoms with E-state index in [4.69, 9.17) is 0 Å². The SMILES string of the molecule is Cc1ccc(N2CCCC(C(=O)NCCn3cnc(C)c(C)c3=O)C2)nn1. The monoisotopic (exact) mass is 370 g/mol. The van der Waals surface area contributed by atoms with Crippen LogP contribution in [0.25, 0.3) is 0 Å². The number of nitrogens with one attached hydrogen (secondary N) is 1. The molecule has 1 N–H and O–H groups in total. The van der Waals surface area contributed by atoms with Gasteiger partial charge >= 0.3 is 0 Å². The number of hydrogen-bond donors (Lipinski definition) is 1. The molecule has 1 saturated heterocycles. The average Bonchev–Trinajstić information content (AvgIpc) is 2.68. The van der Waals surface area contributed by atoms with Gasteiger partial charge < -0.3 is 10.2 Å². The van der Waals surface area contributed by atoms with E-state index in [9.17, 15) is 9.59 Å². The quantitative estimate of drug-likeness (QED) is 0.844. The van der Waals surface area contributed by atoms with Crippen molar-refractivity contribution < 1.29 is 4.79 Å². The summed E-state index contributed by atoms with van der Waals surface area (Å²) in [5.41, 5.74) is 2.20. The van der Waals surface area contributed by atoms with Gasteiger partial charge in [0.15, 0.2) is 5.82 Å². The number of nitrogens with zero attached hydrogens (tertiary/aromatic N) is 5. The van der Waals surface area contributed by atoms with Gasteiger partial charge in [-0.2, -0.15) is 5.10 Å². The normalized spacial score (nSPS) is 17.0. The molecule has 3 heterocycles. The molecule has 1 aliphatic rings. The van der Waals surface area contributed by atoms with Crippen molar-refractivity contribution in [3.05, 3.63) is 45.8 Å². The lowest BCUT2D eigenvalue weighted by atomic mass is 9.97. The second-order valence-electron chi connectivity index (χ2n) is 7.06. The summed E-state index contributed by atoms with van der Waals surface area (Å²) in [6, 6.07) is 3.88. The van der Waals surface area contributed by atoms with Gasteiger partial charge in [-0.25, -0.2) is 4.98 Å². The predicted molar refractivity (Wildman–Crippen MR) is 103 cm³/mol. The van der Waals surface area contributed by atoms with Crippen molar-refractivity contribution in [2.45, 2.75) is 40.2 Å². The summed E-state index contributed by atoms with van der Waals surface area (Å²) in [6.07, 6.45) is 3.33. The molecule has 3 rings (SSSR count). The zero-order valence-electron chi connectivity index (χ0n) is 16.1. The van der Waals surface area contributed by atoms with Crippen molar-refractivity contribution >= 4 is 11.7 Å². The maximum absolute atomic E-state index is 12.5. The third kappa shape index (κ3) is 4.50. The fourth-order valence-corrected chi connectivity index (χ4v) is 3.24. The molecular weight excluding hydrogens is 344 g/mol. The van der Waals surface area contributed by atoms with Crippen LogP contribution in [0.4, 0.5) is 5.82 Å². The Balaban J connectivity index is 1.54. The molecule has 1 unspecified atom stereocenters. The third-order valence-electron chi connectivity index (χ3n) is 5.07. The maximum atomic E-state index is 12.5. The summed E-state index contributed by atoms with van der Waals surface area (Å²) in [5, 5.41) is 11.3. The van der Waals surface area contributed by atoms with Crippen molar-refractivity contribution in [1.82, 2.24) is 25.1 Å². The number of hydrogen-bond acceptors (Lipinski definition) is 6. The van der Waals surface area contributed by atoms with Gasteiger partial charge in [0, 0.05) is 37.4 Å². The van der Waals surface area contributed by atoms with Crippen LogP contribution in [0.1, 0.15) is 29.8 Å². The molecule has 2 aromatic rings. The first kappa shape index (κ1) is 19.0. The highest BCUT2D eigenvalue weighted by atomic mass is 16.2. The largest absolute Gasteiger partial charge is 0.354 e. The van der Waals surface area contributed by atoms with E-state index < -0.39 is 0 Å². The number of aromatic nitrogens is 4. The zero-order valence-corrected chi connectivity index (χ0v) is 16.1. The molecule has 0 aromatic carbocycles. The summed E-state index contributed by atoms with van der Waals surface area (Å²) in [4.78, 5) is 31.0. The molecule has 144 valence electrons. The predicted octanol–water partition coefficient (Wildman–Crippen LogP) is 0.991. The standard InChI is InChI=1S/C19H26N6O2/c1-13-6-7-17(23-22-13)24-9-4-5-16(11-24)18(26)20-8-10-25-12-21-15(3)14(2)19(25)27/h6-7,12,16H,4-5,8-11H2,1-3H3,(H,20,26). The average molecular weight is 370 g/mol. The van der Waals surface area contributed by atoms with Crippen molar-refractivity contribution in [3.63, 3.8) is 0 Å². The number of amides is 1. The van der Waals surface area contributed by atoms with Gasteiger partial charge in [0.25, 0.3) is 5.56 Å². The van der Waals surface area contributed by atoms with E-state index in [0.717, 1.165) is 36.6 Å². The second kappa shape index (κ2) is 8.28. The lowest BCUT2D eigenvalue weighted by Gasteiger charge is -2.32. The van der Waals surface area contributed by atoms with Gasteiger partial charge in [-0.05, 0) is 45.7 Å². The first-order valence-corrected chi connectivity index (χ1v) is 9.31. The van der Waals surface area contributed by atoms with Crippen LogP contribution < -0.4 is 15.8 Å². The molecule has 0 aliphatic carbocycles. The molecule has 1 atom stereocenters. The van der Waals surface area contributed by atoms with Crippen LogP contribution in [-0.2, 0) is 11.3 Å². The lowest BCUT2D eigenvalue weighted by molar-refractivity contribution is -0.125. The molecule has 1 aliphatic heterocycles. The van der Waals surface area contributed by atoms with Crippen LogP contribution in [0.15, 0.2) is 23.3 Å². The zero-order chi connectivity index (χ0) is 19.4. The highest BCUT2D eigenvalue weighted by Gasteiger charge is 2.26. The van der Waals surface area contributed by atoms with Crippen molar-refractivity contribution in [2.24, 2.45) is 5.92 Å². The molecule has 8 heteroatoms. The smallest absolute Gasteiger partial charge is 0.256 e. The van der Waals surface area contributed by atoms with Gasteiger partial charge in [-0.3, -0.25) is 14.2 Å². The van der Waals surface area contributed by atoms with Gasteiger partial charge in [-0.1, -0.05) is 0 Å². The lowest BCUT2D eigenvalue weighted by Crippen LogP contribution is -2.44. The van der Waals surface area contributed by atoms with Gasteiger partial charge in [0.05, 0.1) is 17.9 Å². The fraction of sp³-hybridized carbons (Fsp3) is 0.526. The molecular formula is C19H26N6O2. The summed E-state index contributed by atoms with van der Waals surface area (Å²) in [6.45, 7) is 7.82. The van der Waals surface area contributed by atoms with E-state index in [1.807, 2.05) is 26.0 Å². The summed E-state index contributed by atoms with van der Waals surface area (Å²) in [7, 11) is 0.